The van der Waals surface area contributed by atoms with Crippen molar-refractivity contribution in [3.8, 4) is 0 Å². The van der Waals surface area contributed by atoms with Gasteiger partial charge in [-0.05, 0) is 55.2 Å². The Morgan fingerprint density at radius 1 is 1.23 bits per heavy atom. The SMILES string of the molecule is CNC(=O)C1CCCN1C(=O)c1ccc(Cl)c(Cc2nc3c(C)cc(C(F)(F)F)cc3n2C)c1Cl. The number of carbonyl (C=O) groups excluding carboxylic acids is 2. The van der Waals surface area contributed by atoms with Crippen LogP contribution in [0.15, 0.2) is 24.3 Å². The number of hydrogen-bond acceptors (Lipinski definition) is 3. The number of alkyl halides is 3. The van der Waals surface area contributed by atoms with Crippen molar-refractivity contribution in [1.29, 1.82) is 0 Å². The first-order valence-corrected chi connectivity index (χ1v) is 11.7. The number of rotatable bonds is 4. The van der Waals surface area contributed by atoms with E-state index in [0.29, 0.717) is 52.4 Å². The molecule has 2 heterocycles. The second-order valence-electron chi connectivity index (χ2n) is 8.58. The van der Waals surface area contributed by atoms with Gasteiger partial charge in [0.05, 0.1) is 27.2 Å². The van der Waals surface area contributed by atoms with Gasteiger partial charge in [0, 0.05) is 32.1 Å². The fraction of sp³-hybridized carbons (Fsp3) is 0.375. The topological polar surface area (TPSA) is 67.2 Å². The van der Waals surface area contributed by atoms with Crippen LogP contribution in [0.2, 0.25) is 10.0 Å². The molecule has 1 unspecified atom stereocenters. The van der Waals surface area contributed by atoms with Crippen molar-refractivity contribution in [2.45, 2.75) is 38.4 Å². The second-order valence-corrected chi connectivity index (χ2v) is 9.37. The summed E-state index contributed by atoms with van der Waals surface area (Å²) >= 11 is 13.1. The van der Waals surface area contributed by atoms with E-state index in [1.54, 1.807) is 24.6 Å². The summed E-state index contributed by atoms with van der Waals surface area (Å²) in [6.07, 6.45) is -3.12. The van der Waals surface area contributed by atoms with Gasteiger partial charge in [-0.3, -0.25) is 9.59 Å². The summed E-state index contributed by atoms with van der Waals surface area (Å²) in [6.45, 7) is 2.00. The Kier molecular flexibility index (Phi) is 6.76. The van der Waals surface area contributed by atoms with Crippen molar-refractivity contribution >= 4 is 46.0 Å². The molecule has 1 fully saturated rings. The van der Waals surface area contributed by atoms with Gasteiger partial charge in [0.15, 0.2) is 0 Å². The summed E-state index contributed by atoms with van der Waals surface area (Å²) in [7, 11) is 3.15. The van der Waals surface area contributed by atoms with Gasteiger partial charge in [-0.15, -0.1) is 0 Å². The highest BCUT2D eigenvalue weighted by atomic mass is 35.5. The molecule has 0 aliphatic carbocycles. The zero-order valence-corrected chi connectivity index (χ0v) is 20.8. The lowest BCUT2D eigenvalue weighted by Crippen LogP contribution is -2.45. The maximum atomic E-state index is 13.3. The molecular weight excluding hydrogens is 504 g/mol. The van der Waals surface area contributed by atoms with Crippen LogP contribution < -0.4 is 5.32 Å². The van der Waals surface area contributed by atoms with Gasteiger partial charge in [0.2, 0.25) is 5.91 Å². The number of nitrogens with one attached hydrogen (secondary N) is 1. The van der Waals surface area contributed by atoms with Gasteiger partial charge in [0.1, 0.15) is 11.9 Å². The highest BCUT2D eigenvalue weighted by molar-refractivity contribution is 6.38. The molecule has 0 saturated carbocycles. The van der Waals surface area contributed by atoms with E-state index >= 15 is 0 Å². The van der Waals surface area contributed by atoms with E-state index in [4.69, 9.17) is 23.2 Å². The molecule has 2 aromatic carbocycles. The minimum absolute atomic E-state index is 0.101. The minimum Gasteiger partial charge on any atom is -0.357 e. The zero-order valence-electron chi connectivity index (χ0n) is 19.3. The average Bonchev–Trinajstić information content (AvgIpc) is 3.41. The van der Waals surface area contributed by atoms with E-state index in [2.05, 4.69) is 10.3 Å². The standard InChI is InChI=1S/C24H23Cl2F3N4O2/c1-12-9-13(24(27,28)29)10-18-21(12)31-19(32(18)3)11-15-16(25)7-6-14(20(15)26)23(35)33-8-4-5-17(33)22(34)30-2/h6-7,9-10,17H,4-5,8,11H2,1-3H3,(H,30,34). The van der Waals surface area contributed by atoms with Crippen molar-refractivity contribution in [1.82, 2.24) is 19.8 Å². The van der Waals surface area contributed by atoms with E-state index in [0.717, 1.165) is 12.1 Å². The quantitative estimate of drug-likeness (QED) is 0.511. The molecule has 6 nitrogen and oxygen atoms in total. The van der Waals surface area contributed by atoms with Crippen LogP contribution in [0.4, 0.5) is 13.2 Å². The molecule has 0 bridgehead atoms. The van der Waals surface area contributed by atoms with Crippen LogP contribution in [0, 0.1) is 6.92 Å². The van der Waals surface area contributed by atoms with Gasteiger partial charge in [-0.2, -0.15) is 13.2 Å². The van der Waals surface area contributed by atoms with Gasteiger partial charge < -0.3 is 14.8 Å². The van der Waals surface area contributed by atoms with Crippen molar-refractivity contribution in [2.24, 2.45) is 7.05 Å². The van der Waals surface area contributed by atoms with Gasteiger partial charge in [0.25, 0.3) is 5.91 Å². The molecule has 186 valence electrons. The van der Waals surface area contributed by atoms with Gasteiger partial charge >= 0.3 is 6.18 Å². The Bertz CT molecular complexity index is 1340. The maximum absolute atomic E-state index is 13.3. The minimum atomic E-state index is -4.48. The number of imidazole rings is 1. The van der Waals surface area contributed by atoms with Gasteiger partial charge in [-0.1, -0.05) is 23.2 Å². The van der Waals surface area contributed by atoms with Crippen LogP contribution in [-0.4, -0.2) is 45.9 Å². The first-order chi connectivity index (χ1) is 16.4. The van der Waals surface area contributed by atoms with E-state index in [-0.39, 0.29) is 28.8 Å². The number of aryl methyl sites for hydroxylation is 2. The highest BCUT2D eigenvalue weighted by Crippen LogP contribution is 2.35. The smallest absolute Gasteiger partial charge is 0.357 e. The van der Waals surface area contributed by atoms with Crippen molar-refractivity contribution in [3.05, 3.63) is 62.4 Å². The number of hydrogen-bond donors (Lipinski definition) is 1. The molecule has 1 saturated heterocycles. The molecule has 35 heavy (non-hydrogen) atoms. The molecule has 0 radical (unpaired) electrons. The van der Waals surface area contributed by atoms with Crippen molar-refractivity contribution in [3.63, 3.8) is 0 Å². The lowest BCUT2D eigenvalue weighted by Gasteiger charge is -2.24. The number of halogens is 5. The molecule has 1 aliphatic heterocycles. The fourth-order valence-electron chi connectivity index (χ4n) is 4.51. The molecule has 1 N–H and O–H groups in total. The largest absolute Gasteiger partial charge is 0.416 e. The molecule has 1 aromatic heterocycles. The first-order valence-electron chi connectivity index (χ1n) is 11.0. The molecule has 3 aromatic rings. The van der Waals surface area contributed by atoms with E-state index < -0.39 is 17.8 Å². The third-order valence-corrected chi connectivity index (χ3v) is 7.20. The number of likely N-dealkylation sites (tertiary alicyclic amines) is 1. The summed E-state index contributed by atoms with van der Waals surface area (Å²) in [5.41, 5.74) is 1.06. The van der Waals surface area contributed by atoms with Crippen LogP contribution in [0.1, 0.15) is 45.7 Å². The summed E-state index contributed by atoms with van der Waals surface area (Å²) in [5, 5.41) is 3.01. The Balaban J connectivity index is 1.72. The Labute approximate surface area is 210 Å². The predicted octanol–water partition coefficient (Wildman–Crippen LogP) is 5.15. The number of fused-ring (bicyclic) bond motifs is 1. The lowest BCUT2D eigenvalue weighted by atomic mass is 10.1. The zero-order chi connectivity index (χ0) is 25.7. The number of likely N-dealkylation sites (N-methyl/N-ethyl adjacent to an activating group) is 1. The molecule has 2 amide bonds. The monoisotopic (exact) mass is 526 g/mol. The van der Waals surface area contributed by atoms with Crippen LogP contribution in [0.25, 0.3) is 11.0 Å². The normalized spacial score (nSPS) is 16.2. The number of benzene rings is 2. The third-order valence-electron chi connectivity index (χ3n) is 6.41. The molecule has 1 atom stereocenters. The third kappa shape index (κ3) is 4.59. The fourth-order valence-corrected chi connectivity index (χ4v) is 5.10. The number of carbonyl (C=O) groups is 2. The molecule has 0 spiro atoms. The van der Waals surface area contributed by atoms with E-state index in [1.807, 2.05) is 0 Å². The van der Waals surface area contributed by atoms with Crippen LogP contribution >= 0.6 is 23.2 Å². The molecule has 1 aliphatic rings. The predicted molar refractivity (Wildman–Crippen MR) is 128 cm³/mol. The summed E-state index contributed by atoms with van der Waals surface area (Å²) in [4.78, 5) is 31.5. The summed E-state index contributed by atoms with van der Waals surface area (Å²) < 4.78 is 41.5. The molecule has 4 rings (SSSR count). The maximum Gasteiger partial charge on any atom is 0.416 e. The number of amides is 2. The Morgan fingerprint density at radius 3 is 2.60 bits per heavy atom. The Hall–Kier alpha value is -2.78. The highest BCUT2D eigenvalue weighted by Gasteiger charge is 2.35. The van der Waals surface area contributed by atoms with E-state index in [1.165, 1.54) is 18.0 Å². The van der Waals surface area contributed by atoms with Crippen LogP contribution in [0.3, 0.4) is 0 Å². The van der Waals surface area contributed by atoms with Crippen LogP contribution in [0.5, 0.6) is 0 Å². The summed E-state index contributed by atoms with van der Waals surface area (Å²) in [5.74, 6) is -0.177. The Morgan fingerprint density at radius 2 is 1.94 bits per heavy atom. The van der Waals surface area contributed by atoms with Crippen LogP contribution in [-0.2, 0) is 24.4 Å². The number of nitrogens with zero attached hydrogens (tertiary/aromatic N) is 3. The summed E-state index contributed by atoms with van der Waals surface area (Å²) in [6, 6.07) is 4.63. The second kappa shape index (κ2) is 9.35. The van der Waals surface area contributed by atoms with Crippen molar-refractivity contribution < 1.29 is 22.8 Å². The first kappa shape index (κ1) is 25.3. The lowest BCUT2D eigenvalue weighted by molar-refractivity contribution is -0.137. The van der Waals surface area contributed by atoms with Gasteiger partial charge in [-0.25, -0.2) is 4.98 Å². The van der Waals surface area contributed by atoms with Crippen molar-refractivity contribution in [2.75, 3.05) is 13.6 Å². The molecular formula is C24H23Cl2F3N4O2. The number of aromatic nitrogens is 2. The van der Waals surface area contributed by atoms with E-state index in [9.17, 15) is 22.8 Å². The average molecular weight is 527 g/mol. The molecule has 11 heteroatoms.